The second-order valence-electron chi connectivity index (χ2n) is 4.80. The number of carbonyl (C=O) groups is 2. The smallest absolute Gasteiger partial charge is 0.435 e. The molecule has 24 heavy (non-hydrogen) atoms. The van der Waals surface area contributed by atoms with Crippen LogP contribution in [0.5, 0.6) is 0 Å². The van der Waals surface area contributed by atoms with Crippen molar-refractivity contribution in [2.45, 2.75) is 31.4 Å². The first-order chi connectivity index (χ1) is 10.7. The van der Waals surface area contributed by atoms with E-state index in [1.165, 1.54) is 0 Å². The van der Waals surface area contributed by atoms with Gasteiger partial charge in [0.2, 0.25) is 5.91 Å². The number of carbonyl (C=O) groups excluding carboxylic acids is 1. The van der Waals surface area contributed by atoms with Gasteiger partial charge in [-0.3, -0.25) is 9.59 Å². The molecule has 4 nitrogen and oxygen atoms in total. The van der Waals surface area contributed by atoms with Gasteiger partial charge in [0.1, 0.15) is 6.42 Å². The summed E-state index contributed by atoms with van der Waals surface area (Å²) in [6.45, 7) is 1.03. The third-order valence-electron chi connectivity index (χ3n) is 2.99. The molecule has 0 heterocycles. The highest BCUT2D eigenvalue weighted by molar-refractivity contribution is 6.01. The number of halogens is 7. The molecule has 1 rings (SSSR count). The van der Waals surface area contributed by atoms with Crippen molar-refractivity contribution >= 4 is 17.6 Å². The lowest BCUT2D eigenvalue weighted by Crippen LogP contribution is -2.50. The number of benzene rings is 1. The van der Waals surface area contributed by atoms with E-state index in [0.717, 1.165) is 6.92 Å². The maximum atomic E-state index is 13.9. The van der Waals surface area contributed by atoms with E-state index in [0.29, 0.717) is 6.07 Å². The first-order valence-electron chi connectivity index (χ1n) is 6.15. The minimum Gasteiger partial charge on any atom is -0.481 e. The topological polar surface area (TPSA) is 66.4 Å². The van der Waals surface area contributed by atoms with Crippen LogP contribution in [0.15, 0.2) is 18.2 Å². The maximum absolute atomic E-state index is 13.9. The third-order valence-corrected chi connectivity index (χ3v) is 2.99. The van der Waals surface area contributed by atoms with Gasteiger partial charge in [-0.05, 0) is 18.6 Å². The van der Waals surface area contributed by atoms with Crippen LogP contribution < -0.4 is 5.32 Å². The van der Waals surface area contributed by atoms with Gasteiger partial charge in [0.05, 0.1) is 0 Å². The average Bonchev–Trinajstić information content (AvgIpc) is 2.36. The fraction of sp³-hybridized carbons (Fsp3) is 0.385. The Kier molecular flexibility index (Phi) is 5.16. The second-order valence-corrected chi connectivity index (χ2v) is 4.80. The predicted molar refractivity (Wildman–Crippen MR) is 67.0 cm³/mol. The standard InChI is InChI=1S/C13H10F7NO3/c1-6-4-7(11(14,12(15,16)17)13(18,19)20)2-3-8(6)21-9(22)5-10(23)24/h2-4H,5H2,1H3,(H,21,22)(H,23,24). The number of carboxylic acid groups (broad SMARTS) is 1. The zero-order chi connectivity index (χ0) is 18.9. The van der Waals surface area contributed by atoms with E-state index in [2.05, 4.69) is 0 Å². The summed E-state index contributed by atoms with van der Waals surface area (Å²) < 4.78 is 89.7. The van der Waals surface area contributed by atoms with Crippen LogP contribution in [0.3, 0.4) is 0 Å². The molecule has 0 saturated carbocycles. The van der Waals surface area contributed by atoms with Crippen molar-refractivity contribution in [2.24, 2.45) is 0 Å². The lowest BCUT2D eigenvalue weighted by molar-refractivity contribution is -0.348. The molecule has 0 unspecified atom stereocenters. The van der Waals surface area contributed by atoms with Gasteiger partial charge in [0.25, 0.3) is 0 Å². The van der Waals surface area contributed by atoms with E-state index in [1.54, 1.807) is 0 Å². The summed E-state index contributed by atoms with van der Waals surface area (Å²) >= 11 is 0. The Morgan fingerprint density at radius 2 is 1.54 bits per heavy atom. The Morgan fingerprint density at radius 1 is 1.04 bits per heavy atom. The van der Waals surface area contributed by atoms with E-state index in [-0.39, 0.29) is 23.4 Å². The fourth-order valence-electron chi connectivity index (χ4n) is 1.84. The zero-order valence-electron chi connectivity index (χ0n) is 11.8. The normalized spacial score (nSPS) is 12.8. The Balaban J connectivity index is 3.26. The molecule has 0 bridgehead atoms. The largest absolute Gasteiger partial charge is 0.481 e. The van der Waals surface area contributed by atoms with Gasteiger partial charge < -0.3 is 10.4 Å². The van der Waals surface area contributed by atoms with Crippen molar-refractivity contribution in [3.63, 3.8) is 0 Å². The van der Waals surface area contributed by atoms with Gasteiger partial charge in [-0.2, -0.15) is 26.3 Å². The third kappa shape index (κ3) is 3.77. The summed E-state index contributed by atoms with van der Waals surface area (Å²) in [4.78, 5) is 21.6. The van der Waals surface area contributed by atoms with Crippen LogP contribution in [-0.2, 0) is 15.3 Å². The molecule has 1 amide bonds. The van der Waals surface area contributed by atoms with E-state index < -0.39 is 41.9 Å². The lowest BCUT2D eigenvalue weighted by atomic mass is 9.92. The summed E-state index contributed by atoms with van der Waals surface area (Å²) in [5.74, 6) is -2.53. The van der Waals surface area contributed by atoms with Crippen LogP contribution in [0.2, 0.25) is 0 Å². The molecule has 11 heteroatoms. The minimum atomic E-state index is -6.24. The molecule has 1 aromatic rings. The van der Waals surface area contributed by atoms with Gasteiger partial charge in [-0.15, -0.1) is 0 Å². The van der Waals surface area contributed by atoms with Crippen LogP contribution in [0, 0.1) is 6.92 Å². The van der Waals surface area contributed by atoms with Crippen LogP contribution >= 0.6 is 0 Å². The Bertz CT molecular complexity index is 638. The van der Waals surface area contributed by atoms with E-state index >= 15 is 0 Å². The molecule has 0 aliphatic carbocycles. The van der Waals surface area contributed by atoms with Gasteiger partial charge in [0.15, 0.2) is 0 Å². The minimum absolute atomic E-state index is 0.227. The van der Waals surface area contributed by atoms with Crippen molar-refractivity contribution in [3.8, 4) is 0 Å². The van der Waals surface area contributed by atoms with Crippen molar-refractivity contribution in [2.75, 3.05) is 5.32 Å². The highest BCUT2D eigenvalue weighted by atomic mass is 19.4. The number of aryl methyl sites for hydroxylation is 1. The fourth-order valence-corrected chi connectivity index (χ4v) is 1.84. The Hall–Kier alpha value is -2.33. The zero-order valence-corrected chi connectivity index (χ0v) is 11.8. The average molecular weight is 361 g/mol. The van der Waals surface area contributed by atoms with Gasteiger partial charge in [-0.25, -0.2) is 4.39 Å². The number of hydrogen-bond acceptors (Lipinski definition) is 2. The second kappa shape index (κ2) is 6.29. The molecular weight excluding hydrogens is 351 g/mol. The monoisotopic (exact) mass is 361 g/mol. The van der Waals surface area contributed by atoms with Crippen LogP contribution in [-0.4, -0.2) is 29.3 Å². The molecule has 0 saturated heterocycles. The summed E-state index contributed by atoms with van der Waals surface area (Å²) in [5, 5.41) is 10.4. The molecule has 2 N–H and O–H groups in total. The van der Waals surface area contributed by atoms with E-state index in [4.69, 9.17) is 5.11 Å². The Morgan fingerprint density at radius 3 is 1.92 bits per heavy atom. The highest BCUT2D eigenvalue weighted by Crippen LogP contribution is 2.53. The molecule has 0 radical (unpaired) electrons. The highest BCUT2D eigenvalue weighted by Gasteiger charge is 2.73. The lowest BCUT2D eigenvalue weighted by Gasteiger charge is -2.30. The number of nitrogens with one attached hydrogen (secondary N) is 1. The SMILES string of the molecule is Cc1cc(C(F)(C(F)(F)F)C(F)(F)F)ccc1NC(=O)CC(=O)O. The molecule has 0 aliphatic heterocycles. The molecule has 0 spiro atoms. The molecule has 0 fully saturated rings. The summed E-state index contributed by atoms with van der Waals surface area (Å²) in [6.07, 6.45) is -13.4. The van der Waals surface area contributed by atoms with Crippen LogP contribution in [0.25, 0.3) is 0 Å². The first kappa shape index (κ1) is 19.7. The number of aliphatic carboxylic acids is 1. The van der Waals surface area contributed by atoms with E-state index in [9.17, 15) is 40.3 Å². The van der Waals surface area contributed by atoms with Crippen molar-refractivity contribution < 1.29 is 45.4 Å². The maximum Gasteiger partial charge on any atom is 0.435 e. The summed E-state index contributed by atoms with van der Waals surface area (Å²) in [7, 11) is 0. The number of anilines is 1. The first-order valence-corrected chi connectivity index (χ1v) is 6.15. The molecule has 0 atom stereocenters. The van der Waals surface area contributed by atoms with Crippen LogP contribution in [0.1, 0.15) is 17.5 Å². The number of carboxylic acids is 1. The quantitative estimate of drug-likeness (QED) is 0.635. The number of hydrogen-bond donors (Lipinski definition) is 2. The molecule has 0 aliphatic rings. The Labute approximate surface area is 130 Å². The summed E-state index contributed by atoms with van der Waals surface area (Å²) in [5.41, 5.74) is -7.82. The number of alkyl halides is 7. The van der Waals surface area contributed by atoms with Gasteiger partial charge >= 0.3 is 24.0 Å². The van der Waals surface area contributed by atoms with Crippen LogP contribution in [0.4, 0.5) is 36.4 Å². The molecule has 0 aromatic heterocycles. The van der Waals surface area contributed by atoms with Gasteiger partial charge in [0, 0.05) is 11.3 Å². The molecular formula is C13H10F7NO3. The van der Waals surface area contributed by atoms with Crippen molar-refractivity contribution in [3.05, 3.63) is 29.3 Å². The molecule has 134 valence electrons. The van der Waals surface area contributed by atoms with Crippen molar-refractivity contribution in [1.29, 1.82) is 0 Å². The number of rotatable bonds is 4. The number of amides is 1. The van der Waals surface area contributed by atoms with E-state index in [1.807, 2.05) is 5.32 Å². The van der Waals surface area contributed by atoms with Gasteiger partial charge in [-0.1, -0.05) is 12.1 Å². The van der Waals surface area contributed by atoms with Crippen molar-refractivity contribution in [1.82, 2.24) is 0 Å². The summed E-state index contributed by atoms with van der Waals surface area (Å²) in [6, 6.07) is 1.15. The molecule has 1 aromatic carbocycles. The predicted octanol–water partition coefficient (Wildman–Crippen LogP) is 3.70.